The lowest BCUT2D eigenvalue weighted by Gasteiger charge is -2.44. The molecular formula is C26H39F3O2. The summed E-state index contributed by atoms with van der Waals surface area (Å²) in [5.41, 5.74) is 4.01. The minimum absolute atomic E-state index is 0.199. The van der Waals surface area contributed by atoms with E-state index in [-0.39, 0.29) is 17.9 Å². The zero-order valence-electron chi connectivity index (χ0n) is 19.1. The van der Waals surface area contributed by atoms with Crippen molar-refractivity contribution in [1.82, 2.24) is 0 Å². The van der Waals surface area contributed by atoms with Crippen molar-refractivity contribution in [3.05, 3.63) is 35.5 Å². The fourth-order valence-corrected chi connectivity index (χ4v) is 6.61. The Balaban J connectivity index is 1.64. The number of rotatable bonds is 6. The number of aliphatic hydroxyl groups excluding tert-OH is 2. The van der Waals surface area contributed by atoms with E-state index >= 15 is 0 Å². The standard InChI is InChI=1S/C26H39F3O2/c1-17-9-12-21(30)16-20(17)11-10-19-7-5-15-25(3)22(13-14-23(19)25)18(2)6-4-8-24(31)26(27,28)29/h10-11,18,21-24,30-31H,1,4-9,12-16H2,2-3H3/b19-10+,20-11+/t18-,21+,22-,23+,24?,25-/m1/s1. The van der Waals surface area contributed by atoms with Gasteiger partial charge in [-0.25, -0.2) is 0 Å². The van der Waals surface area contributed by atoms with E-state index in [0.29, 0.717) is 30.6 Å². The van der Waals surface area contributed by atoms with Gasteiger partial charge in [0.2, 0.25) is 0 Å². The quantitative estimate of drug-likeness (QED) is 0.472. The van der Waals surface area contributed by atoms with Crippen LogP contribution in [0.25, 0.3) is 0 Å². The molecule has 5 heteroatoms. The third-order valence-electron chi connectivity index (χ3n) is 8.43. The van der Waals surface area contributed by atoms with Crippen molar-refractivity contribution in [3.63, 3.8) is 0 Å². The van der Waals surface area contributed by atoms with Crippen LogP contribution in [-0.2, 0) is 0 Å². The SMILES string of the molecule is C=C1CC[C@H](O)C/C1=C\C=C1/CCC[C@]2(C)[C@@H]([C@H](C)CCCC(O)C(F)(F)F)CC[C@@H]12. The molecule has 0 saturated heterocycles. The van der Waals surface area contributed by atoms with Gasteiger partial charge in [-0.2, -0.15) is 13.2 Å². The Labute approximate surface area is 185 Å². The number of alkyl halides is 3. The molecule has 3 aliphatic rings. The summed E-state index contributed by atoms with van der Waals surface area (Å²) in [5.74, 6) is 1.41. The first-order chi connectivity index (χ1) is 14.5. The van der Waals surface area contributed by atoms with Crippen molar-refractivity contribution in [1.29, 1.82) is 0 Å². The molecule has 1 unspecified atom stereocenters. The number of aliphatic hydroxyl groups is 2. The molecule has 3 saturated carbocycles. The predicted octanol–water partition coefficient (Wildman–Crippen LogP) is 6.89. The second-order valence-corrected chi connectivity index (χ2v) is 10.5. The average molecular weight is 441 g/mol. The van der Waals surface area contributed by atoms with E-state index < -0.39 is 12.3 Å². The summed E-state index contributed by atoms with van der Waals surface area (Å²) in [6.07, 6.45) is 6.51. The van der Waals surface area contributed by atoms with E-state index in [9.17, 15) is 23.4 Å². The van der Waals surface area contributed by atoms with Crippen LogP contribution in [0.15, 0.2) is 35.5 Å². The number of hydrogen-bond acceptors (Lipinski definition) is 2. The molecule has 3 fully saturated rings. The highest BCUT2D eigenvalue weighted by Gasteiger charge is 2.50. The van der Waals surface area contributed by atoms with Crippen LogP contribution in [0.5, 0.6) is 0 Å². The molecule has 0 heterocycles. The van der Waals surface area contributed by atoms with Crippen LogP contribution < -0.4 is 0 Å². The predicted molar refractivity (Wildman–Crippen MR) is 118 cm³/mol. The average Bonchev–Trinajstić information content (AvgIpc) is 3.05. The van der Waals surface area contributed by atoms with Gasteiger partial charge in [-0.15, -0.1) is 0 Å². The van der Waals surface area contributed by atoms with Crippen molar-refractivity contribution in [2.45, 2.75) is 103 Å². The molecule has 3 aliphatic carbocycles. The first kappa shape index (κ1) is 24.6. The zero-order chi connectivity index (χ0) is 22.8. The largest absolute Gasteiger partial charge is 0.414 e. The molecule has 6 atom stereocenters. The molecule has 0 aromatic heterocycles. The topological polar surface area (TPSA) is 40.5 Å². The summed E-state index contributed by atoms with van der Waals surface area (Å²) >= 11 is 0. The van der Waals surface area contributed by atoms with E-state index in [1.165, 1.54) is 17.6 Å². The molecule has 2 N–H and O–H groups in total. The van der Waals surface area contributed by atoms with Gasteiger partial charge in [-0.05, 0) is 86.5 Å². The second kappa shape index (κ2) is 9.82. The summed E-state index contributed by atoms with van der Waals surface area (Å²) < 4.78 is 37.7. The third kappa shape index (κ3) is 5.65. The molecule has 0 aliphatic heterocycles. The van der Waals surface area contributed by atoms with Gasteiger partial charge in [0.15, 0.2) is 0 Å². The van der Waals surface area contributed by atoms with Gasteiger partial charge in [0, 0.05) is 0 Å². The maximum absolute atomic E-state index is 12.6. The first-order valence-corrected chi connectivity index (χ1v) is 12.0. The Morgan fingerprint density at radius 2 is 1.90 bits per heavy atom. The lowest BCUT2D eigenvalue weighted by Crippen LogP contribution is -2.36. The smallest absolute Gasteiger partial charge is 0.393 e. The monoisotopic (exact) mass is 440 g/mol. The molecule has 176 valence electrons. The molecule has 0 spiro atoms. The lowest BCUT2D eigenvalue weighted by molar-refractivity contribution is -0.205. The minimum Gasteiger partial charge on any atom is -0.393 e. The fourth-order valence-electron chi connectivity index (χ4n) is 6.61. The van der Waals surface area contributed by atoms with Crippen molar-refractivity contribution in [2.24, 2.45) is 23.2 Å². The molecule has 2 nitrogen and oxygen atoms in total. The summed E-state index contributed by atoms with van der Waals surface area (Å²) in [6, 6.07) is 0. The van der Waals surface area contributed by atoms with Gasteiger partial charge in [0.1, 0.15) is 6.10 Å². The van der Waals surface area contributed by atoms with Crippen LogP contribution in [0, 0.1) is 23.2 Å². The van der Waals surface area contributed by atoms with Gasteiger partial charge in [-0.1, -0.05) is 56.6 Å². The Bertz CT molecular complexity index is 708. The molecular weight excluding hydrogens is 401 g/mol. The van der Waals surface area contributed by atoms with Crippen molar-refractivity contribution in [3.8, 4) is 0 Å². The molecule has 0 amide bonds. The van der Waals surface area contributed by atoms with Crippen LogP contribution in [0.3, 0.4) is 0 Å². The first-order valence-electron chi connectivity index (χ1n) is 12.0. The highest BCUT2D eigenvalue weighted by Crippen LogP contribution is 2.60. The van der Waals surface area contributed by atoms with Crippen LogP contribution in [-0.4, -0.2) is 28.6 Å². The van der Waals surface area contributed by atoms with Crippen molar-refractivity contribution >= 4 is 0 Å². The van der Waals surface area contributed by atoms with E-state index in [4.69, 9.17) is 0 Å². The lowest BCUT2D eigenvalue weighted by atomic mass is 9.60. The summed E-state index contributed by atoms with van der Waals surface area (Å²) in [5, 5.41) is 19.3. The highest BCUT2D eigenvalue weighted by atomic mass is 19.4. The summed E-state index contributed by atoms with van der Waals surface area (Å²) in [4.78, 5) is 0. The number of halogens is 3. The van der Waals surface area contributed by atoms with E-state index in [1.54, 1.807) is 0 Å². The Morgan fingerprint density at radius 1 is 1.16 bits per heavy atom. The molecule has 0 bridgehead atoms. The van der Waals surface area contributed by atoms with Crippen LogP contribution >= 0.6 is 0 Å². The Hall–Kier alpha value is -1.07. The molecule has 0 aromatic carbocycles. The van der Waals surface area contributed by atoms with E-state index in [1.807, 2.05) is 0 Å². The third-order valence-corrected chi connectivity index (χ3v) is 8.43. The molecule has 31 heavy (non-hydrogen) atoms. The van der Waals surface area contributed by atoms with Crippen LogP contribution in [0.4, 0.5) is 13.2 Å². The van der Waals surface area contributed by atoms with Gasteiger partial charge in [0.05, 0.1) is 6.10 Å². The van der Waals surface area contributed by atoms with Gasteiger partial charge < -0.3 is 10.2 Å². The Morgan fingerprint density at radius 3 is 2.61 bits per heavy atom. The fraction of sp³-hybridized carbons (Fsp3) is 0.769. The van der Waals surface area contributed by atoms with Gasteiger partial charge >= 0.3 is 6.18 Å². The van der Waals surface area contributed by atoms with Crippen LogP contribution in [0.2, 0.25) is 0 Å². The van der Waals surface area contributed by atoms with E-state index in [2.05, 4.69) is 32.6 Å². The maximum Gasteiger partial charge on any atom is 0.414 e. The highest BCUT2D eigenvalue weighted by molar-refractivity contribution is 5.36. The second-order valence-electron chi connectivity index (χ2n) is 10.5. The summed E-state index contributed by atoms with van der Waals surface area (Å²) in [7, 11) is 0. The molecule has 0 aromatic rings. The maximum atomic E-state index is 12.6. The van der Waals surface area contributed by atoms with Crippen molar-refractivity contribution in [2.75, 3.05) is 0 Å². The minimum atomic E-state index is -4.51. The number of fused-ring (bicyclic) bond motifs is 1. The van der Waals surface area contributed by atoms with Crippen molar-refractivity contribution < 1.29 is 23.4 Å². The van der Waals surface area contributed by atoms with Gasteiger partial charge in [0.25, 0.3) is 0 Å². The zero-order valence-corrected chi connectivity index (χ0v) is 19.1. The van der Waals surface area contributed by atoms with Crippen LogP contribution in [0.1, 0.15) is 84.5 Å². The number of allylic oxidation sites excluding steroid dienone is 4. The molecule has 3 rings (SSSR count). The van der Waals surface area contributed by atoms with E-state index in [0.717, 1.165) is 50.5 Å². The normalized spacial score (nSPS) is 36.6. The Kier molecular flexibility index (Phi) is 7.79. The summed E-state index contributed by atoms with van der Waals surface area (Å²) in [6.45, 7) is 8.74. The van der Waals surface area contributed by atoms with Gasteiger partial charge in [-0.3, -0.25) is 0 Å². The number of hydrogen-bond donors (Lipinski definition) is 2. The molecule has 0 radical (unpaired) electrons.